The summed E-state index contributed by atoms with van der Waals surface area (Å²) >= 11 is 16.0. The van der Waals surface area contributed by atoms with E-state index in [1.807, 2.05) is 0 Å². The molecule has 0 unspecified atom stereocenters. The van der Waals surface area contributed by atoms with Crippen LogP contribution in [0.25, 0.3) is 0 Å². The Hall–Kier alpha value is -0.510. The summed E-state index contributed by atoms with van der Waals surface area (Å²) in [6.45, 7) is 0.312. The molecule has 0 aliphatic heterocycles. The van der Waals surface area contributed by atoms with Crippen LogP contribution in [0.3, 0.4) is 0 Å². The summed E-state index contributed by atoms with van der Waals surface area (Å²) in [4.78, 5) is 0. The summed E-state index contributed by atoms with van der Waals surface area (Å²) in [7, 11) is 0. The van der Waals surface area contributed by atoms with Crippen molar-refractivity contribution in [3.63, 3.8) is 0 Å². The second-order valence-corrected chi connectivity index (χ2v) is 3.57. The summed E-state index contributed by atoms with van der Waals surface area (Å²) in [6, 6.07) is 5.21. The Balaban J connectivity index is 2.68. The second kappa shape index (κ2) is 4.65. The minimum absolute atomic E-state index is 0.0195. The van der Waals surface area contributed by atoms with E-state index >= 15 is 0 Å². The minimum atomic E-state index is 0.0195. The summed E-state index contributed by atoms with van der Waals surface area (Å²) in [6.07, 6.45) is 0. The van der Waals surface area contributed by atoms with Crippen molar-refractivity contribution in [2.75, 3.05) is 0 Å². The van der Waals surface area contributed by atoms with Crippen molar-refractivity contribution in [2.24, 2.45) is 5.73 Å². The van der Waals surface area contributed by atoms with Gasteiger partial charge in [0.05, 0.1) is 10.0 Å². The van der Waals surface area contributed by atoms with Gasteiger partial charge in [0, 0.05) is 0 Å². The number of nitrogens with two attached hydrogens (primary N) is 1. The van der Waals surface area contributed by atoms with Crippen molar-refractivity contribution >= 4 is 40.6 Å². The van der Waals surface area contributed by atoms with Gasteiger partial charge in [-0.15, -0.1) is 0 Å². The van der Waals surface area contributed by atoms with Gasteiger partial charge < -0.3 is 10.5 Å². The maximum absolute atomic E-state index is 5.78. The molecule has 0 aromatic heterocycles. The molecule has 13 heavy (non-hydrogen) atoms. The number of ether oxygens (including phenoxy) is 1. The average molecular weight is 236 g/mol. The van der Waals surface area contributed by atoms with Crippen molar-refractivity contribution in [1.29, 1.82) is 0 Å². The van der Waals surface area contributed by atoms with E-state index < -0.39 is 0 Å². The number of hydrogen-bond acceptors (Lipinski definition) is 2. The molecule has 0 saturated heterocycles. The SMILES string of the molecule is NC(=S)OCc1ccc(Cl)c(Cl)c1. The molecule has 70 valence electrons. The fraction of sp³-hybridized carbons (Fsp3) is 0.125. The molecule has 2 nitrogen and oxygen atoms in total. The number of hydrogen-bond donors (Lipinski definition) is 1. The second-order valence-electron chi connectivity index (χ2n) is 2.36. The molecule has 0 spiro atoms. The van der Waals surface area contributed by atoms with Gasteiger partial charge >= 0.3 is 0 Å². The Kier molecular flexibility index (Phi) is 3.78. The highest BCUT2D eigenvalue weighted by atomic mass is 35.5. The van der Waals surface area contributed by atoms with Gasteiger partial charge in [-0.2, -0.15) is 0 Å². The predicted octanol–water partition coefficient (Wildman–Crippen LogP) is 2.75. The van der Waals surface area contributed by atoms with Crippen molar-refractivity contribution < 1.29 is 4.74 Å². The Morgan fingerprint density at radius 3 is 2.62 bits per heavy atom. The van der Waals surface area contributed by atoms with Gasteiger partial charge in [-0.05, 0) is 29.9 Å². The van der Waals surface area contributed by atoms with Gasteiger partial charge in [-0.1, -0.05) is 29.3 Å². The molecule has 1 rings (SSSR count). The van der Waals surface area contributed by atoms with E-state index in [9.17, 15) is 0 Å². The van der Waals surface area contributed by atoms with Gasteiger partial charge in [0.15, 0.2) is 0 Å². The maximum Gasteiger partial charge on any atom is 0.254 e. The molecule has 0 amide bonds. The van der Waals surface area contributed by atoms with Gasteiger partial charge in [-0.25, -0.2) is 0 Å². The zero-order chi connectivity index (χ0) is 9.84. The Morgan fingerprint density at radius 2 is 2.08 bits per heavy atom. The van der Waals surface area contributed by atoms with Crippen LogP contribution in [0.5, 0.6) is 0 Å². The number of rotatable bonds is 2. The van der Waals surface area contributed by atoms with Crippen molar-refractivity contribution in [3.05, 3.63) is 33.8 Å². The van der Waals surface area contributed by atoms with E-state index in [-0.39, 0.29) is 5.17 Å². The van der Waals surface area contributed by atoms with Gasteiger partial charge in [0.25, 0.3) is 5.17 Å². The van der Waals surface area contributed by atoms with Crippen molar-refractivity contribution in [1.82, 2.24) is 0 Å². The van der Waals surface area contributed by atoms with E-state index in [0.717, 1.165) is 5.56 Å². The van der Waals surface area contributed by atoms with E-state index in [1.54, 1.807) is 18.2 Å². The molecule has 0 fully saturated rings. The third-order valence-electron chi connectivity index (χ3n) is 1.37. The standard InChI is InChI=1S/C8H7Cl2NOS/c9-6-2-1-5(3-7(6)10)4-12-8(11)13/h1-3H,4H2,(H2,11,13). The summed E-state index contributed by atoms with van der Waals surface area (Å²) in [5, 5.41) is 1.03. The van der Waals surface area contributed by atoms with Gasteiger partial charge in [0.1, 0.15) is 6.61 Å². The van der Waals surface area contributed by atoms with E-state index in [1.165, 1.54) is 0 Å². The largest absolute Gasteiger partial charge is 0.466 e. The van der Waals surface area contributed by atoms with Gasteiger partial charge in [-0.3, -0.25) is 0 Å². The molecule has 0 aliphatic rings. The first-order chi connectivity index (χ1) is 6.09. The van der Waals surface area contributed by atoms with Crippen LogP contribution in [0.1, 0.15) is 5.56 Å². The normalized spacial score (nSPS) is 9.69. The molecular weight excluding hydrogens is 229 g/mol. The molecule has 0 atom stereocenters. The molecular formula is C8H7Cl2NOS. The van der Waals surface area contributed by atoms with Crippen LogP contribution in [-0.4, -0.2) is 5.17 Å². The number of benzene rings is 1. The van der Waals surface area contributed by atoms with Crippen LogP contribution < -0.4 is 5.73 Å². The Morgan fingerprint density at radius 1 is 1.38 bits per heavy atom. The summed E-state index contributed by atoms with van der Waals surface area (Å²) in [5.41, 5.74) is 6.04. The fourth-order valence-electron chi connectivity index (χ4n) is 0.784. The molecule has 1 aromatic carbocycles. The zero-order valence-electron chi connectivity index (χ0n) is 6.59. The molecule has 0 radical (unpaired) electrons. The number of thiocarbonyl (C=S) groups is 1. The quantitative estimate of drug-likeness (QED) is 0.802. The average Bonchev–Trinajstić information content (AvgIpc) is 2.07. The Bertz CT molecular complexity index is 330. The molecule has 1 aromatic rings. The molecule has 0 saturated carbocycles. The highest BCUT2D eigenvalue weighted by Gasteiger charge is 1.99. The molecule has 0 aliphatic carbocycles. The van der Waals surface area contributed by atoms with Crippen LogP contribution in [0.2, 0.25) is 10.0 Å². The van der Waals surface area contributed by atoms with E-state index in [0.29, 0.717) is 16.7 Å². The highest BCUT2D eigenvalue weighted by molar-refractivity contribution is 7.80. The first kappa shape index (κ1) is 10.6. The van der Waals surface area contributed by atoms with E-state index in [4.69, 9.17) is 33.7 Å². The van der Waals surface area contributed by atoms with Crippen LogP contribution in [0.15, 0.2) is 18.2 Å². The minimum Gasteiger partial charge on any atom is -0.466 e. The Labute approximate surface area is 91.6 Å². The van der Waals surface area contributed by atoms with Crippen LogP contribution in [0, 0.1) is 0 Å². The zero-order valence-corrected chi connectivity index (χ0v) is 8.92. The first-order valence-electron chi connectivity index (χ1n) is 3.46. The fourth-order valence-corrected chi connectivity index (χ4v) is 1.16. The maximum atomic E-state index is 5.78. The monoisotopic (exact) mass is 235 g/mol. The molecule has 5 heteroatoms. The molecule has 0 heterocycles. The lowest BCUT2D eigenvalue weighted by molar-refractivity contribution is 0.296. The van der Waals surface area contributed by atoms with Crippen molar-refractivity contribution in [3.8, 4) is 0 Å². The van der Waals surface area contributed by atoms with Crippen LogP contribution >= 0.6 is 35.4 Å². The topological polar surface area (TPSA) is 35.2 Å². The van der Waals surface area contributed by atoms with Crippen LogP contribution in [-0.2, 0) is 11.3 Å². The lowest BCUT2D eigenvalue weighted by atomic mass is 10.2. The molecule has 0 bridgehead atoms. The predicted molar refractivity (Wildman–Crippen MR) is 58.0 cm³/mol. The van der Waals surface area contributed by atoms with Gasteiger partial charge in [0.2, 0.25) is 0 Å². The third kappa shape index (κ3) is 3.38. The lowest BCUT2D eigenvalue weighted by Crippen LogP contribution is -2.12. The highest BCUT2D eigenvalue weighted by Crippen LogP contribution is 2.22. The summed E-state index contributed by atoms with van der Waals surface area (Å²) in [5.74, 6) is 0. The van der Waals surface area contributed by atoms with Crippen LogP contribution in [0.4, 0.5) is 0 Å². The number of halogens is 2. The first-order valence-corrected chi connectivity index (χ1v) is 4.62. The van der Waals surface area contributed by atoms with E-state index in [2.05, 4.69) is 12.2 Å². The molecule has 2 N–H and O–H groups in total. The summed E-state index contributed by atoms with van der Waals surface area (Å²) < 4.78 is 4.93. The lowest BCUT2D eigenvalue weighted by Gasteiger charge is -2.04. The third-order valence-corrected chi connectivity index (χ3v) is 2.22. The van der Waals surface area contributed by atoms with Crippen molar-refractivity contribution in [2.45, 2.75) is 6.61 Å². The smallest absolute Gasteiger partial charge is 0.254 e.